The Hall–Kier alpha value is -2.51. The number of carbonyl (C=O) groups is 1. The van der Waals surface area contributed by atoms with E-state index in [1.165, 1.54) is 23.5 Å². The zero-order valence-electron chi connectivity index (χ0n) is 13.3. The van der Waals surface area contributed by atoms with Crippen LogP contribution in [0.4, 0.5) is 14.5 Å². The van der Waals surface area contributed by atoms with E-state index in [-0.39, 0.29) is 23.8 Å². The maximum atomic E-state index is 12.4. The average Bonchev–Trinajstić information content (AvgIpc) is 3.04. The summed E-state index contributed by atoms with van der Waals surface area (Å²) in [6, 6.07) is 13.3. The van der Waals surface area contributed by atoms with E-state index in [2.05, 4.69) is 15.0 Å². The van der Waals surface area contributed by atoms with E-state index >= 15 is 0 Å². The van der Waals surface area contributed by atoms with Crippen molar-refractivity contribution < 1.29 is 18.3 Å². The van der Waals surface area contributed by atoms with Gasteiger partial charge in [-0.15, -0.1) is 11.3 Å². The SMILES string of the molecule is O=C(Cc1csc(-c2ccccc2Cl)n1)Nc1ccccc1OC(F)F. The Bertz CT molecular complexity index is 917. The van der Waals surface area contributed by atoms with Gasteiger partial charge in [-0.25, -0.2) is 4.98 Å². The van der Waals surface area contributed by atoms with Gasteiger partial charge in [0.15, 0.2) is 0 Å². The molecule has 0 radical (unpaired) electrons. The second kappa shape index (κ2) is 8.25. The Labute approximate surface area is 157 Å². The normalized spacial score (nSPS) is 10.8. The number of thiazole rings is 1. The monoisotopic (exact) mass is 394 g/mol. The predicted molar refractivity (Wildman–Crippen MR) is 98.0 cm³/mol. The van der Waals surface area contributed by atoms with Gasteiger partial charge in [0.25, 0.3) is 0 Å². The van der Waals surface area contributed by atoms with Crippen LogP contribution in [0.1, 0.15) is 5.69 Å². The van der Waals surface area contributed by atoms with Crippen LogP contribution in [0.3, 0.4) is 0 Å². The van der Waals surface area contributed by atoms with Gasteiger partial charge in [0, 0.05) is 10.9 Å². The van der Waals surface area contributed by atoms with Crippen LogP contribution in [0.25, 0.3) is 10.6 Å². The lowest BCUT2D eigenvalue weighted by atomic mass is 10.2. The molecule has 1 heterocycles. The number of hydrogen-bond acceptors (Lipinski definition) is 4. The standard InChI is InChI=1S/C18H13ClF2N2O2S/c19-13-6-2-1-5-12(13)17-22-11(10-26-17)9-16(24)23-14-7-3-4-8-15(14)25-18(20)21/h1-8,10,18H,9H2,(H,23,24). The first-order chi connectivity index (χ1) is 12.5. The van der Waals surface area contributed by atoms with E-state index in [0.29, 0.717) is 15.7 Å². The van der Waals surface area contributed by atoms with Gasteiger partial charge in [-0.05, 0) is 18.2 Å². The summed E-state index contributed by atoms with van der Waals surface area (Å²) in [5, 5.41) is 5.62. The molecule has 0 saturated carbocycles. The zero-order valence-corrected chi connectivity index (χ0v) is 14.9. The fraction of sp³-hybridized carbons (Fsp3) is 0.111. The van der Waals surface area contributed by atoms with Crippen molar-refractivity contribution in [3.63, 3.8) is 0 Å². The Morgan fingerprint density at radius 2 is 1.92 bits per heavy atom. The summed E-state index contributed by atoms with van der Waals surface area (Å²) in [6.45, 7) is -2.97. The molecule has 0 unspecified atom stereocenters. The van der Waals surface area contributed by atoms with E-state index < -0.39 is 6.61 Å². The van der Waals surface area contributed by atoms with E-state index in [1.807, 2.05) is 18.2 Å². The lowest BCUT2D eigenvalue weighted by molar-refractivity contribution is -0.115. The van der Waals surface area contributed by atoms with Crippen LogP contribution in [0.5, 0.6) is 5.75 Å². The fourth-order valence-corrected chi connectivity index (χ4v) is 3.41. The van der Waals surface area contributed by atoms with Crippen LogP contribution in [0.15, 0.2) is 53.9 Å². The molecule has 134 valence electrons. The molecule has 2 aromatic carbocycles. The van der Waals surface area contributed by atoms with Gasteiger partial charge in [0.1, 0.15) is 10.8 Å². The topological polar surface area (TPSA) is 51.2 Å². The first kappa shape index (κ1) is 18.3. The van der Waals surface area contributed by atoms with Gasteiger partial charge >= 0.3 is 6.61 Å². The van der Waals surface area contributed by atoms with Crippen LogP contribution < -0.4 is 10.1 Å². The van der Waals surface area contributed by atoms with Gasteiger partial charge in [0.2, 0.25) is 5.91 Å². The third kappa shape index (κ3) is 4.56. The van der Waals surface area contributed by atoms with Gasteiger partial charge < -0.3 is 10.1 Å². The van der Waals surface area contributed by atoms with Crippen molar-refractivity contribution >= 4 is 34.5 Å². The van der Waals surface area contributed by atoms with Crippen LogP contribution in [-0.4, -0.2) is 17.5 Å². The van der Waals surface area contributed by atoms with Crippen LogP contribution in [0.2, 0.25) is 5.02 Å². The van der Waals surface area contributed by atoms with E-state index in [4.69, 9.17) is 11.6 Å². The highest BCUT2D eigenvalue weighted by Gasteiger charge is 2.14. The van der Waals surface area contributed by atoms with Crippen LogP contribution >= 0.6 is 22.9 Å². The first-order valence-corrected chi connectivity index (χ1v) is 8.81. The van der Waals surface area contributed by atoms with E-state index in [9.17, 15) is 13.6 Å². The Balaban J connectivity index is 1.69. The van der Waals surface area contributed by atoms with Crippen molar-refractivity contribution in [3.05, 3.63) is 64.6 Å². The Kier molecular flexibility index (Phi) is 5.80. The highest BCUT2D eigenvalue weighted by molar-refractivity contribution is 7.13. The number of aromatic nitrogens is 1. The fourth-order valence-electron chi connectivity index (χ4n) is 2.27. The average molecular weight is 395 g/mol. The van der Waals surface area contributed by atoms with Gasteiger partial charge in [0.05, 0.1) is 22.8 Å². The lowest BCUT2D eigenvalue weighted by Crippen LogP contribution is -2.16. The molecule has 0 fully saturated rings. The van der Waals surface area contributed by atoms with Crippen molar-refractivity contribution in [2.45, 2.75) is 13.0 Å². The largest absolute Gasteiger partial charge is 0.433 e. The molecule has 1 aromatic heterocycles. The molecule has 0 aliphatic carbocycles. The van der Waals surface area contributed by atoms with Gasteiger partial charge in [-0.3, -0.25) is 4.79 Å². The molecule has 0 spiro atoms. The minimum atomic E-state index is -2.97. The maximum absolute atomic E-state index is 12.4. The number of rotatable bonds is 6. The molecule has 0 atom stereocenters. The van der Waals surface area contributed by atoms with Crippen molar-refractivity contribution in [2.24, 2.45) is 0 Å². The molecule has 4 nitrogen and oxygen atoms in total. The second-order valence-corrected chi connectivity index (χ2v) is 6.49. The van der Waals surface area contributed by atoms with Crippen molar-refractivity contribution in [3.8, 4) is 16.3 Å². The number of benzene rings is 2. The molecule has 0 bridgehead atoms. The number of amides is 1. The summed E-state index contributed by atoms with van der Waals surface area (Å²) in [7, 11) is 0. The van der Waals surface area contributed by atoms with E-state index in [1.54, 1.807) is 23.6 Å². The molecule has 0 saturated heterocycles. The van der Waals surface area contributed by atoms with Crippen molar-refractivity contribution in [2.75, 3.05) is 5.32 Å². The quantitative estimate of drug-likeness (QED) is 0.621. The smallest absolute Gasteiger partial charge is 0.387 e. The molecule has 1 amide bonds. The number of anilines is 1. The Morgan fingerprint density at radius 3 is 2.69 bits per heavy atom. The summed E-state index contributed by atoms with van der Waals surface area (Å²) in [5.74, 6) is -0.475. The molecule has 3 aromatic rings. The molecule has 0 aliphatic heterocycles. The number of alkyl halides is 2. The summed E-state index contributed by atoms with van der Waals surface area (Å²) in [5.41, 5.74) is 1.54. The number of para-hydroxylation sites is 2. The molecular formula is C18H13ClF2N2O2S. The third-order valence-corrected chi connectivity index (χ3v) is 4.63. The molecule has 26 heavy (non-hydrogen) atoms. The highest BCUT2D eigenvalue weighted by atomic mass is 35.5. The molecular weight excluding hydrogens is 382 g/mol. The number of hydrogen-bond donors (Lipinski definition) is 1. The maximum Gasteiger partial charge on any atom is 0.387 e. The van der Waals surface area contributed by atoms with Crippen LogP contribution in [-0.2, 0) is 11.2 Å². The molecule has 3 rings (SSSR count). The lowest BCUT2D eigenvalue weighted by Gasteiger charge is -2.11. The summed E-state index contributed by atoms with van der Waals surface area (Å²) >= 11 is 7.53. The predicted octanol–water partition coefficient (Wildman–Crippen LogP) is 5.25. The molecule has 0 aliphatic rings. The molecule has 8 heteroatoms. The van der Waals surface area contributed by atoms with Crippen molar-refractivity contribution in [1.82, 2.24) is 4.98 Å². The number of halogens is 3. The number of nitrogens with zero attached hydrogens (tertiary/aromatic N) is 1. The van der Waals surface area contributed by atoms with Crippen LogP contribution in [0, 0.1) is 0 Å². The van der Waals surface area contributed by atoms with Gasteiger partial charge in [-0.2, -0.15) is 8.78 Å². The summed E-state index contributed by atoms with van der Waals surface area (Å²) < 4.78 is 29.2. The number of ether oxygens (including phenoxy) is 1. The van der Waals surface area contributed by atoms with Gasteiger partial charge in [-0.1, -0.05) is 41.9 Å². The first-order valence-electron chi connectivity index (χ1n) is 7.56. The minimum Gasteiger partial charge on any atom is -0.433 e. The van der Waals surface area contributed by atoms with E-state index in [0.717, 1.165) is 5.56 Å². The van der Waals surface area contributed by atoms with Crippen molar-refractivity contribution in [1.29, 1.82) is 0 Å². The number of carbonyl (C=O) groups excluding carboxylic acids is 1. The second-order valence-electron chi connectivity index (χ2n) is 5.22. The number of nitrogens with one attached hydrogen (secondary N) is 1. The highest BCUT2D eigenvalue weighted by Crippen LogP contribution is 2.30. The minimum absolute atomic E-state index is 0.00393. The zero-order chi connectivity index (χ0) is 18.5. The summed E-state index contributed by atoms with van der Waals surface area (Å²) in [6.07, 6.45) is 0.00393. The Morgan fingerprint density at radius 1 is 1.19 bits per heavy atom. The summed E-state index contributed by atoms with van der Waals surface area (Å²) in [4.78, 5) is 16.6. The third-order valence-electron chi connectivity index (χ3n) is 3.37. The molecule has 1 N–H and O–H groups in total.